The molecule has 104 valence electrons. The van der Waals surface area contributed by atoms with Crippen molar-refractivity contribution in [2.24, 2.45) is 0 Å². The van der Waals surface area contributed by atoms with Gasteiger partial charge in [-0.25, -0.2) is 4.98 Å². The van der Waals surface area contributed by atoms with Gasteiger partial charge in [0.2, 0.25) is 0 Å². The summed E-state index contributed by atoms with van der Waals surface area (Å²) in [5.74, 6) is 0.555. The van der Waals surface area contributed by atoms with Crippen LogP contribution in [0.3, 0.4) is 0 Å². The Kier molecular flexibility index (Phi) is 4.35. The minimum atomic E-state index is -0.0312. The third-order valence-electron chi connectivity index (χ3n) is 3.01. The standard InChI is InChI=1S/C16H19N3O/c1-4-12-5-7-13(8-6-12)15(20)14(11-19(2)3)16-17-9-10-18-16/h5-11H,4H2,1-3H3,(H,17,18)/b14-11-. The number of nitrogens with zero attached hydrogens (tertiary/aromatic N) is 2. The Morgan fingerprint density at radius 1 is 1.30 bits per heavy atom. The van der Waals surface area contributed by atoms with Gasteiger partial charge >= 0.3 is 0 Å². The normalized spacial score (nSPS) is 11.4. The molecule has 0 radical (unpaired) electrons. The zero-order valence-electron chi connectivity index (χ0n) is 12.1. The lowest BCUT2D eigenvalue weighted by Gasteiger charge is -2.10. The predicted octanol–water partition coefficient (Wildman–Crippen LogP) is 2.76. The Labute approximate surface area is 119 Å². The molecule has 0 amide bonds. The van der Waals surface area contributed by atoms with E-state index in [0.717, 1.165) is 6.42 Å². The molecule has 0 aliphatic rings. The second-order valence-corrected chi connectivity index (χ2v) is 4.82. The first-order chi connectivity index (χ1) is 9.61. The Hall–Kier alpha value is -2.36. The molecule has 1 aromatic heterocycles. The molecule has 0 saturated carbocycles. The molecule has 20 heavy (non-hydrogen) atoms. The number of nitrogens with one attached hydrogen (secondary N) is 1. The fourth-order valence-electron chi connectivity index (χ4n) is 1.95. The number of hydrogen-bond acceptors (Lipinski definition) is 3. The van der Waals surface area contributed by atoms with Crippen LogP contribution in [0.2, 0.25) is 0 Å². The number of imidazole rings is 1. The maximum absolute atomic E-state index is 12.6. The minimum Gasteiger partial charge on any atom is -0.383 e. The molecule has 0 unspecified atom stereocenters. The van der Waals surface area contributed by atoms with Crippen molar-refractivity contribution in [1.82, 2.24) is 14.9 Å². The van der Waals surface area contributed by atoms with Crippen molar-refractivity contribution in [2.45, 2.75) is 13.3 Å². The van der Waals surface area contributed by atoms with E-state index in [0.29, 0.717) is 17.0 Å². The molecular formula is C16H19N3O. The van der Waals surface area contributed by atoms with Crippen LogP contribution in [-0.4, -0.2) is 34.7 Å². The molecule has 1 heterocycles. The van der Waals surface area contributed by atoms with Gasteiger partial charge in [0.1, 0.15) is 5.82 Å². The van der Waals surface area contributed by atoms with Crippen LogP contribution < -0.4 is 0 Å². The number of aryl methyl sites for hydroxylation is 1. The monoisotopic (exact) mass is 269 g/mol. The van der Waals surface area contributed by atoms with Crippen molar-refractivity contribution in [3.05, 3.63) is 59.8 Å². The summed E-state index contributed by atoms with van der Waals surface area (Å²) in [6.07, 6.45) is 6.11. The molecule has 0 atom stereocenters. The van der Waals surface area contributed by atoms with Crippen molar-refractivity contribution >= 4 is 11.4 Å². The van der Waals surface area contributed by atoms with Crippen LogP contribution in [0.4, 0.5) is 0 Å². The van der Waals surface area contributed by atoms with Gasteiger partial charge in [0, 0.05) is 38.3 Å². The number of rotatable bonds is 5. The van der Waals surface area contributed by atoms with Gasteiger partial charge in [0.05, 0.1) is 5.57 Å². The topological polar surface area (TPSA) is 49.0 Å². The van der Waals surface area contributed by atoms with Gasteiger partial charge in [0.25, 0.3) is 0 Å². The van der Waals surface area contributed by atoms with Gasteiger partial charge in [-0.05, 0) is 12.0 Å². The SMILES string of the molecule is CCc1ccc(C(=O)/C(=C/N(C)C)c2ncc[nH]2)cc1. The fourth-order valence-corrected chi connectivity index (χ4v) is 1.95. The van der Waals surface area contributed by atoms with E-state index in [1.165, 1.54) is 5.56 Å². The van der Waals surface area contributed by atoms with Gasteiger partial charge in [0.15, 0.2) is 5.78 Å². The van der Waals surface area contributed by atoms with Gasteiger partial charge < -0.3 is 9.88 Å². The average Bonchev–Trinajstić information content (AvgIpc) is 2.98. The zero-order valence-corrected chi connectivity index (χ0v) is 12.1. The molecule has 0 spiro atoms. The van der Waals surface area contributed by atoms with E-state index in [1.54, 1.807) is 18.6 Å². The molecule has 2 rings (SSSR count). The van der Waals surface area contributed by atoms with Crippen molar-refractivity contribution in [3.63, 3.8) is 0 Å². The molecule has 0 aliphatic carbocycles. The molecule has 1 N–H and O–H groups in total. The Morgan fingerprint density at radius 2 is 2.00 bits per heavy atom. The largest absolute Gasteiger partial charge is 0.383 e. The number of ketones is 1. The predicted molar refractivity (Wildman–Crippen MR) is 80.4 cm³/mol. The number of carbonyl (C=O) groups excluding carboxylic acids is 1. The smallest absolute Gasteiger partial charge is 0.198 e. The summed E-state index contributed by atoms with van der Waals surface area (Å²) in [5, 5.41) is 0. The summed E-state index contributed by atoms with van der Waals surface area (Å²) in [6.45, 7) is 2.09. The first-order valence-electron chi connectivity index (χ1n) is 6.63. The Morgan fingerprint density at radius 3 is 2.50 bits per heavy atom. The average molecular weight is 269 g/mol. The summed E-state index contributed by atoms with van der Waals surface area (Å²) in [7, 11) is 3.77. The lowest BCUT2D eigenvalue weighted by atomic mass is 10.0. The number of H-pyrrole nitrogens is 1. The van der Waals surface area contributed by atoms with E-state index in [2.05, 4.69) is 16.9 Å². The molecule has 0 saturated heterocycles. The number of allylic oxidation sites excluding steroid dienone is 1. The Bertz CT molecular complexity index is 595. The molecule has 4 heteroatoms. The summed E-state index contributed by atoms with van der Waals surface area (Å²) in [6, 6.07) is 7.71. The maximum Gasteiger partial charge on any atom is 0.198 e. The van der Waals surface area contributed by atoms with Crippen molar-refractivity contribution < 1.29 is 4.79 Å². The molecule has 1 aromatic carbocycles. The summed E-state index contributed by atoms with van der Waals surface area (Å²) in [4.78, 5) is 21.6. The van der Waals surface area contributed by atoms with E-state index in [1.807, 2.05) is 43.3 Å². The lowest BCUT2D eigenvalue weighted by Crippen LogP contribution is -2.10. The lowest BCUT2D eigenvalue weighted by molar-refractivity contribution is 0.105. The van der Waals surface area contributed by atoms with E-state index in [-0.39, 0.29) is 5.78 Å². The second-order valence-electron chi connectivity index (χ2n) is 4.82. The zero-order chi connectivity index (χ0) is 14.5. The minimum absolute atomic E-state index is 0.0312. The van der Waals surface area contributed by atoms with Crippen LogP contribution in [-0.2, 0) is 6.42 Å². The first-order valence-corrected chi connectivity index (χ1v) is 6.63. The van der Waals surface area contributed by atoms with E-state index in [4.69, 9.17) is 0 Å². The van der Waals surface area contributed by atoms with Crippen molar-refractivity contribution in [2.75, 3.05) is 14.1 Å². The van der Waals surface area contributed by atoms with Gasteiger partial charge in [-0.2, -0.15) is 0 Å². The van der Waals surface area contributed by atoms with Crippen molar-refractivity contribution in [3.8, 4) is 0 Å². The highest BCUT2D eigenvalue weighted by Gasteiger charge is 2.16. The summed E-state index contributed by atoms with van der Waals surface area (Å²) in [5.41, 5.74) is 2.45. The third-order valence-corrected chi connectivity index (χ3v) is 3.01. The number of hydrogen-bond donors (Lipinski definition) is 1. The fraction of sp³-hybridized carbons (Fsp3) is 0.250. The van der Waals surface area contributed by atoms with E-state index < -0.39 is 0 Å². The number of benzene rings is 1. The molecular weight excluding hydrogens is 250 g/mol. The highest BCUT2D eigenvalue weighted by molar-refractivity contribution is 6.28. The molecule has 0 bridgehead atoms. The highest BCUT2D eigenvalue weighted by Crippen LogP contribution is 2.17. The number of aromatic amines is 1. The molecule has 4 nitrogen and oxygen atoms in total. The van der Waals surface area contributed by atoms with Crippen LogP contribution in [0.25, 0.3) is 5.57 Å². The molecule has 0 fully saturated rings. The third kappa shape index (κ3) is 3.15. The maximum atomic E-state index is 12.6. The van der Waals surface area contributed by atoms with E-state index in [9.17, 15) is 4.79 Å². The summed E-state index contributed by atoms with van der Waals surface area (Å²) >= 11 is 0. The van der Waals surface area contributed by atoms with Crippen LogP contribution in [0, 0.1) is 0 Å². The van der Waals surface area contributed by atoms with Gasteiger partial charge in [-0.3, -0.25) is 4.79 Å². The number of aromatic nitrogens is 2. The number of carbonyl (C=O) groups is 1. The second kappa shape index (κ2) is 6.19. The number of Topliss-reactive ketones (excluding diaryl/α,β-unsaturated/α-hetero) is 1. The van der Waals surface area contributed by atoms with Crippen LogP contribution in [0.5, 0.6) is 0 Å². The molecule has 2 aromatic rings. The van der Waals surface area contributed by atoms with Crippen LogP contribution in [0.1, 0.15) is 28.7 Å². The van der Waals surface area contributed by atoms with Gasteiger partial charge in [-0.15, -0.1) is 0 Å². The van der Waals surface area contributed by atoms with E-state index >= 15 is 0 Å². The van der Waals surface area contributed by atoms with Crippen molar-refractivity contribution in [1.29, 1.82) is 0 Å². The quantitative estimate of drug-likeness (QED) is 0.670. The Balaban J connectivity index is 2.36. The first kappa shape index (κ1) is 14.1. The highest BCUT2D eigenvalue weighted by atomic mass is 16.1. The summed E-state index contributed by atoms with van der Waals surface area (Å²) < 4.78 is 0. The van der Waals surface area contributed by atoms with Crippen LogP contribution in [0.15, 0.2) is 42.9 Å². The molecule has 0 aliphatic heterocycles. The van der Waals surface area contributed by atoms with Crippen LogP contribution >= 0.6 is 0 Å². The van der Waals surface area contributed by atoms with Gasteiger partial charge in [-0.1, -0.05) is 31.2 Å².